The predicted molar refractivity (Wildman–Crippen MR) is 59.0 cm³/mol. The second-order valence-electron chi connectivity index (χ2n) is 3.54. The number of carbonyl (C=O) groups is 2. The number of hydrogen-bond acceptors (Lipinski definition) is 3. The molecule has 0 unspecified atom stereocenters. The van der Waals surface area contributed by atoms with Crippen LogP contribution in [0.1, 0.15) is 0 Å². The highest BCUT2D eigenvalue weighted by atomic mass is 19.4. The van der Waals surface area contributed by atoms with Crippen LogP contribution < -0.4 is 9.64 Å². The van der Waals surface area contributed by atoms with Crippen molar-refractivity contribution in [1.82, 2.24) is 0 Å². The molecular formula is C11H10F3NO4. The predicted octanol–water partition coefficient (Wildman–Crippen LogP) is 1.68. The monoisotopic (exact) mass is 277 g/mol. The molecule has 0 fully saturated rings. The summed E-state index contributed by atoms with van der Waals surface area (Å²) in [7, 11) is 0.989. The Hall–Kier alpha value is -2.25. The van der Waals surface area contributed by atoms with Crippen molar-refractivity contribution in [2.75, 3.05) is 18.6 Å². The number of aliphatic carboxylic acids is 1. The van der Waals surface area contributed by atoms with Gasteiger partial charge in [0.2, 0.25) is 0 Å². The quantitative estimate of drug-likeness (QED) is 0.909. The van der Waals surface area contributed by atoms with Crippen molar-refractivity contribution in [2.45, 2.75) is 6.18 Å². The largest absolute Gasteiger partial charge is 0.482 e. The molecule has 104 valence electrons. The lowest BCUT2D eigenvalue weighted by Crippen LogP contribution is -2.38. The number of carbonyl (C=O) groups excluding carboxylic acids is 1. The fourth-order valence-corrected chi connectivity index (χ4v) is 1.22. The molecule has 5 nitrogen and oxygen atoms in total. The molecule has 0 spiro atoms. The number of ether oxygens (including phenoxy) is 1. The van der Waals surface area contributed by atoms with E-state index in [9.17, 15) is 22.8 Å². The summed E-state index contributed by atoms with van der Waals surface area (Å²) in [6.07, 6.45) is -4.95. The number of nitrogens with zero attached hydrogens (tertiary/aromatic N) is 1. The van der Waals surface area contributed by atoms with Crippen molar-refractivity contribution < 1.29 is 32.6 Å². The Morgan fingerprint density at radius 2 is 1.79 bits per heavy atom. The highest BCUT2D eigenvalue weighted by Gasteiger charge is 2.41. The topological polar surface area (TPSA) is 66.8 Å². The Morgan fingerprint density at radius 3 is 2.21 bits per heavy atom. The van der Waals surface area contributed by atoms with Gasteiger partial charge in [-0.3, -0.25) is 4.79 Å². The molecule has 8 heteroatoms. The second kappa shape index (κ2) is 5.59. The fourth-order valence-electron chi connectivity index (χ4n) is 1.22. The van der Waals surface area contributed by atoms with E-state index in [0.29, 0.717) is 4.90 Å². The Labute approximate surface area is 106 Å². The van der Waals surface area contributed by atoms with Gasteiger partial charge < -0.3 is 14.7 Å². The highest BCUT2D eigenvalue weighted by Crippen LogP contribution is 2.24. The SMILES string of the molecule is CN(C(=O)C(F)(F)F)c1ccc(OCC(=O)O)cc1. The zero-order valence-electron chi connectivity index (χ0n) is 9.77. The lowest BCUT2D eigenvalue weighted by Gasteiger charge is -2.18. The summed E-state index contributed by atoms with van der Waals surface area (Å²) in [5.41, 5.74) is 0.0185. The van der Waals surface area contributed by atoms with E-state index in [1.807, 2.05) is 0 Å². The van der Waals surface area contributed by atoms with Crippen LogP contribution in [0.5, 0.6) is 5.75 Å². The molecule has 19 heavy (non-hydrogen) atoms. The van der Waals surface area contributed by atoms with Crippen molar-refractivity contribution >= 4 is 17.6 Å². The summed E-state index contributed by atoms with van der Waals surface area (Å²) < 4.78 is 41.4. The summed E-state index contributed by atoms with van der Waals surface area (Å²) in [4.78, 5) is 21.6. The summed E-state index contributed by atoms with van der Waals surface area (Å²) in [6.45, 7) is -0.559. The molecule has 0 radical (unpaired) electrons. The van der Waals surface area contributed by atoms with Gasteiger partial charge in [-0.15, -0.1) is 0 Å². The minimum Gasteiger partial charge on any atom is -0.482 e. The minimum absolute atomic E-state index is 0.0185. The molecule has 0 atom stereocenters. The van der Waals surface area contributed by atoms with Crippen molar-refractivity contribution in [3.8, 4) is 5.75 Å². The third-order valence-corrected chi connectivity index (χ3v) is 2.13. The van der Waals surface area contributed by atoms with Crippen LogP contribution in [0.4, 0.5) is 18.9 Å². The van der Waals surface area contributed by atoms with Gasteiger partial charge in [0, 0.05) is 12.7 Å². The third-order valence-electron chi connectivity index (χ3n) is 2.13. The van der Waals surface area contributed by atoms with Crippen LogP contribution >= 0.6 is 0 Å². The number of amides is 1. The van der Waals surface area contributed by atoms with Crippen LogP contribution in [0.25, 0.3) is 0 Å². The van der Waals surface area contributed by atoms with Crippen LogP contribution in [-0.2, 0) is 9.59 Å². The number of alkyl halides is 3. The summed E-state index contributed by atoms with van der Waals surface area (Å²) in [6, 6.07) is 5.00. The molecule has 1 rings (SSSR count). The Morgan fingerprint density at radius 1 is 1.26 bits per heavy atom. The van der Waals surface area contributed by atoms with Gasteiger partial charge in [0.1, 0.15) is 5.75 Å². The van der Waals surface area contributed by atoms with Crippen LogP contribution in [0.3, 0.4) is 0 Å². The number of benzene rings is 1. The molecular weight excluding hydrogens is 267 g/mol. The average molecular weight is 277 g/mol. The molecule has 1 aromatic carbocycles. The highest BCUT2D eigenvalue weighted by molar-refractivity contribution is 5.96. The number of carboxylic acid groups (broad SMARTS) is 1. The van der Waals surface area contributed by atoms with E-state index in [2.05, 4.69) is 0 Å². The van der Waals surface area contributed by atoms with Gasteiger partial charge in [-0.2, -0.15) is 13.2 Å². The molecule has 0 aliphatic carbocycles. The van der Waals surface area contributed by atoms with Gasteiger partial charge >= 0.3 is 18.1 Å². The number of anilines is 1. The molecule has 0 aliphatic heterocycles. The molecule has 0 saturated carbocycles. The Kier molecular flexibility index (Phi) is 4.36. The van der Waals surface area contributed by atoms with Gasteiger partial charge in [-0.1, -0.05) is 0 Å². The van der Waals surface area contributed by atoms with Crippen molar-refractivity contribution in [1.29, 1.82) is 0 Å². The number of carboxylic acids is 1. The number of halogens is 3. The van der Waals surface area contributed by atoms with E-state index >= 15 is 0 Å². The van der Waals surface area contributed by atoms with Crippen LogP contribution in [0.2, 0.25) is 0 Å². The maximum absolute atomic E-state index is 12.2. The minimum atomic E-state index is -4.95. The third kappa shape index (κ3) is 4.16. The Balaban J connectivity index is 2.76. The molecule has 1 aromatic rings. The van der Waals surface area contributed by atoms with E-state index in [0.717, 1.165) is 7.05 Å². The lowest BCUT2D eigenvalue weighted by atomic mass is 10.2. The smallest absolute Gasteiger partial charge is 0.471 e. The number of rotatable bonds is 4. The molecule has 0 heterocycles. The van der Waals surface area contributed by atoms with Crippen LogP contribution in [-0.4, -0.2) is 36.8 Å². The number of hydrogen-bond donors (Lipinski definition) is 1. The molecule has 0 saturated heterocycles. The first-order chi connectivity index (χ1) is 8.71. The first-order valence-electron chi connectivity index (χ1n) is 5.01. The maximum Gasteiger partial charge on any atom is 0.471 e. The normalized spacial score (nSPS) is 10.9. The van der Waals surface area contributed by atoms with E-state index in [1.54, 1.807) is 0 Å². The second-order valence-corrected chi connectivity index (χ2v) is 3.54. The summed E-state index contributed by atoms with van der Waals surface area (Å²) in [5.74, 6) is -2.99. The van der Waals surface area contributed by atoms with E-state index in [4.69, 9.17) is 9.84 Å². The summed E-state index contributed by atoms with van der Waals surface area (Å²) in [5, 5.41) is 8.38. The maximum atomic E-state index is 12.2. The Bertz CT molecular complexity index is 470. The average Bonchev–Trinajstić information content (AvgIpc) is 2.34. The van der Waals surface area contributed by atoms with Gasteiger partial charge in [0.25, 0.3) is 0 Å². The molecule has 0 bridgehead atoms. The first-order valence-corrected chi connectivity index (χ1v) is 5.01. The van der Waals surface area contributed by atoms with Crippen molar-refractivity contribution in [3.63, 3.8) is 0 Å². The van der Waals surface area contributed by atoms with Crippen LogP contribution in [0, 0.1) is 0 Å². The molecule has 0 aromatic heterocycles. The van der Waals surface area contributed by atoms with Gasteiger partial charge in [-0.25, -0.2) is 4.79 Å². The molecule has 1 amide bonds. The standard InChI is InChI=1S/C11H10F3NO4/c1-15(10(18)11(12,13)14)7-2-4-8(5-3-7)19-6-9(16)17/h2-5H,6H2,1H3,(H,16,17). The lowest BCUT2D eigenvalue weighted by molar-refractivity contribution is -0.170. The van der Waals surface area contributed by atoms with E-state index in [-0.39, 0.29) is 11.4 Å². The van der Waals surface area contributed by atoms with Gasteiger partial charge in [0.05, 0.1) is 0 Å². The molecule has 1 N–H and O–H groups in total. The summed E-state index contributed by atoms with van der Waals surface area (Å²) >= 11 is 0. The van der Waals surface area contributed by atoms with E-state index in [1.165, 1.54) is 24.3 Å². The van der Waals surface area contributed by atoms with E-state index < -0.39 is 24.7 Å². The van der Waals surface area contributed by atoms with Crippen molar-refractivity contribution in [3.05, 3.63) is 24.3 Å². The zero-order valence-corrected chi connectivity index (χ0v) is 9.77. The first kappa shape index (κ1) is 14.8. The fraction of sp³-hybridized carbons (Fsp3) is 0.273. The van der Waals surface area contributed by atoms with Crippen LogP contribution in [0.15, 0.2) is 24.3 Å². The zero-order chi connectivity index (χ0) is 14.6. The molecule has 0 aliphatic rings. The van der Waals surface area contributed by atoms with Crippen molar-refractivity contribution in [2.24, 2.45) is 0 Å². The van der Waals surface area contributed by atoms with Gasteiger partial charge in [0.15, 0.2) is 6.61 Å². The van der Waals surface area contributed by atoms with Gasteiger partial charge in [-0.05, 0) is 24.3 Å².